The molecule has 0 aliphatic carbocycles. The molecule has 9 nitrogen and oxygen atoms in total. The number of nitrogens with one attached hydrogen (secondary N) is 1. The minimum atomic E-state index is -3.54. The quantitative estimate of drug-likeness (QED) is 0.750. The Hall–Kier alpha value is -2.37. The van der Waals surface area contributed by atoms with Gasteiger partial charge in [0.1, 0.15) is 5.01 Å². The van der Waals surface area contributed by atoms with E-state index in [0.29, 0.717) is 10.8 Å². The number of sulfonamides is 1. The lowest BCUT2D eigenvalue weighted by Gasteiger charge is -2.18. The molecule has 1 aliphatic heterocycles. The van der Waals surface area contributed by atoms with E-state index in [1.165, 1.54) is 42.5 Å². The van der Waals surface area contributed by atoms with E-state index in [1.54, 1.807) is 12.1 Å². The normalized spacial score (nSPS) is 17.4. The molecular weight excluding hydrogens is 402 g/mol. The Bertz CT molecular complexity index is 985. The summed E-state index contributed by atoms with van der Waals surface area (Å²) in [5.41, 5.74) is 0.558. The lowest BCUT2D eigenvalue weighted by Crippen LogP contribution is -2.28. The highest BCUT2D eigenvalue weighted by atomic mass is 32.2. The Morgan fingerprint density at radius 2 is 1.96 bits per heavy atom. The highest BCUT2D eigenvalue weighted by Crippen LogP contribution is 2.28. The van der Waals surface area contributed by atoms with Crippen molar-refractivity contribution in [2.24, 2.45) is 5.92 Å². The summed E-state index contributed by atoms with van der Waals surface area (Å²) in [6.07, 6.45) is 0.825. The van der Waals surface area contributed by atoms with Crippen LogP contribution in [-0.4, -0.2) is 55.4 Å². The van der Waals surface area contributed by atoms with E-state index in [-0.39, 0.29) is 29.7 Å². The molecule has 150 valence electrons. The molecule has 28 heavy (non-hydrogen) atoms. The Morgan fingerprint density at radius 3 is 2.54 bits per heavy atom. The molecule has 1 atom stereocenters. The average molecular weight is 424 g/mol. The van der Waals surface area contributed by atoms with Gasteiger partial charge in [0.05, 0.1) is 10.8 Å². The molecule has 3 rings (SSSR count). The summed E-state index contributed by atoms with van der Waals surface area (Å²) in [4.78, 5) is 26.5. The van der Waals surface area contributed by atoms with Crippen molar-refractivity contribution >= 4 is 44.0 Å². The van der Waals surface area contributed by atoms with E-state index in [4.69, 9.17) is 0 Å². The largest absolute Gasteiger partial charge is 0.312 e. The number of carbonyl (C=O) groups is 2. The minimum Gasteiger partial charge on any atom is -0.312 e. The Morgan fingerprint density at radius 1 is 1.29 bits per heavy atom. The number of hydrogen-bond donors (Lipinski definition) is 1. The summed E-state index contributed by atoms with van der Waals surface area (Å²) in [7, 11) is -0.623. The lowest BCUT2D eigenvalue weighted by atomic mass is 10.1. The van der Waals surface area contributed by atoms with Gasteiger partial charge in [-0.2, -0.15) is 0 Å². The van der Waals surface area contributed by atoms with Crippen LogP contribution in [-0.2, 0) is 26.0 Å². The topological polar surface area (TPSA) is 113 Å². The van der Waals surface area contributed by atoms with Gasteiger partial charge in [-0.05, 0) is 30.7 Å². The van der Waals surface area contributed by atoms with Gasteiger partial charge in [0.15, 0.2) is 0 Å². The van der Waals surface area contributed by atoms with E-state index >= 15 is 0 Å². The highest BCUT2D eigenvalue weighted by Gasteiger charge is 2.35. The molecule has 0 radical (unpaired) electrons. The van der Waals surface area contributed by atoms with E-state index in [1.807, 2.05) is 6.92 Å². The molecule has 0 bridgehead atoms. The van der Waals surface area contributed by atoms with Gasteiger partial charge in [-0.3, -0.25) is 9.59 Å². The highest BCUT2D eigenvalue weighted by molar-refractivity contribution is 7.89. The van der Waals surface area contributed by atoms with Crippen LogP contribution in [0.4, 0.5) is 10.8 Å². The average Bonchev–Trinajstić information content (AvgIpc) is 3.28. The predicted molar refractivity (Wildman–Crippen MR) is 106 cm³/mol. The van der Waals surface area contributed by atoms with E-state index < -0.39 is 15.9 Å². The van der Waals surface area contributed by atoms with Crippen molar-refractivity contribution in [2.45, 2.75) is 24.7 Å². The van der Waals surface area contributed by atoms with Crippen molar-refractivity contribution in [3.05, 3.63) is 29.3 Å². The second-order valence-electron chi connectivity index (χ2n) is 6.53. The van der Waals surface area contributed by atoms with Gasteiger partial charge in [-0.1, -0.05) is 18.3 Å². The van der Waals surface area contributed by atoms with Crippen LogP contribution in [0.1, 0.15) is 18.4 Å². The first-order valence-corrected chi connectivity index (χ1v) is 10.9. The number of aryl methyl sites for hydroxylation is 1. The van der Waals surface area contributed by atoms with Crippen molar-refractivity contribution in [1.82, 2.24) is 14.5 Å². The predicted octanol–water partition coefficient (Wildman–Crippen LogP) is 1.34. The number of carbonyl (C=O) groups excluding carboxylic acids is 2. The first kappa shape index (κ1) is 20.4. The molecule has 1 N–H and O–H groups in total. The van der Waals surface area contributed by atoms with Crippen LogP contribution >= 0.6 is 11.3 Å². The van der Waals surface area contributed by atoms with Crippen LogP contribution < -0.4 is 10.2 Å². The summed E-state index contributed by atoms with van der Waals surface area (Å²) < 4.78 is 25.4. The first-order chi connectivity index (χ1) is 13.2. The second kappa shape index (κ2) is 7.94. The summed E-state index contributed by atoms with van der Waals surface area (Å²) in [5.74, 6) is -0.969. The monoisotopic (exact) mass is 423 g/mol. The van der Waals surface area contributed by atoms with Crippen LogP contribution in [0.25, 0.3) is 0 Å². The van der Waals surface area contributed by atoms with Crippen molar-refractivity contribution < 1.29 is 18.0 Å². The lowest BCUT2D eigenvalue weighted by molar-refractivity contribution is -0.122. The zero-order valence-electron chi connectivity index (χ0n) is 15.7. The molecule has 2 aromatic rings. The van der Waals surface area contributed by atoms with E-state index in [2.05, 4.69) is 15.5 Å². The molecule has 2 heterocycles. The molecule has 1 fully saturated rings. The summed E-state index contributed by atoms with van der Waals surface area (Å²) in [6, 6.07) is 6.07. The third-order valence-corrected chi connectivity index (χ3v) is 7.23. The Labute approximate surface area is 167 Å². The van der Waals surface area contributed by atoms with Crippen molar-refractivity contribution in [1.29, 1.82) is 0 Å². The molecule has 0 saturated carbocycles. The van der Waals surface area contributed by atoms with Crippen molar-refractivity contribution in [3.8, 4) is 0 Å². The molecule has 1 aromatic carbocycles. The zero-order valence-corrected chi connectivity index (χ0v) is 17.4. The number of amides is 2. The number of nitrogens with zero attached hydrogens (tertiary/aromatic N) is 4. The van der Waals surface area contributed by atoms with Crippen LogP contribution in [0.3, 0.4) is 0 Å². The van der Waals surface area contributed by atoms with Gasteiger partial charge < -0.3 is 10.2 Å². The maximum Gasteiger partial charge on any atom is 0.242 e. The van der Waals surface area contributed by atoms with Crippen LogP contribution in [0.5, 0.6) is 0 Å². The SMILES string of the molecule is CCc1nnc(NC(=O)C2CC(=O)N(c3ccc(S(=O)(=O)N(C)C)cc3)C2)s1. The molecule has 1 aliphatic rings. The van der Waals surface area contributed by atoms with Crippen LogP contribution in [0.15, 0.2) is 29.2 Å². The molecular formula is C17H21N5O4S2. The summed E-state index contributed by atoms with van der Waals surface area (Å²) >= 11 is 1.31. The molecule has 1 saturated heterocycles. The number of benzene rings is 1. The molecule has 11 heteroatoms. The van der Waals surface area contributed by atoms with Gasteiger partial charge in [-0.25, -0.2) is 12.7 Å². The smallest absolute Gasteiger partial charge is 0.242 e. The fourth-order valence-electron chi connectivity index (χ4n) is 2.80. The van der Waals surface area contributed by atoms with Gasteiger partial charge in [0.25, 0.3) is 0 Å². The van der Waals surface area contributed by atoms with Crippen LogP contribution in [0, 0.1) is 5.92 Å². The number of rotatable bonds is 6. The maximum atomic E-state index is 12.5. The van der Waals surface area contributed by atoms with Gasteiger partial charge in [0, 0.05) is 32.7 Å². The van der Waals surface area contributed by atoms with Gasteiger partial charge >= 0.3 is 0 Å². The van der Waals surface area contributed by atoms with Crippen molar-refractivity contribution in [2.75, 3.05) is 30.9 Å². The molecule has 0 spiro atoms. The van der Waals surface area contributed by atoms with E-state index in [0.717, 1.165) is 15.7 Å². The third kappa shape index (κ3) is 4.05. The second-order valence-corrected chi connectivity index (χ2v) is 9.74. The number of anilines is 2. The fraction of sp³-hybridized carbons (Fsp3) is 0.412. The third-order valence-electron chi connectivity index (χ3n) is 4.42. The molecule has 1 unspecified atom stereocenters. The number of aromatic nitrogens is 2. The number of hydrogen-bond acceptors (Lipinski definition) is 7. The zero-order chi connectivity index (χ0) is 20.5. The first-order valence-electron chi connectivity index (χ1n) is 8.68. The fourth-order valence-corrected chi connectivity index (χ4v) is 4.38. The van der Waals surface area contributed by atoms with Gasteiger partial charge in [-0.15, -0.1) is 10.2 Å². The minimum absolute atomic E-state index is 0.0863. The molecule has 1 aromatic heterocycles. The standard InChI is InChI=1S/C17H21N5O4S2/c1-4-14-19-20-17(27-14)18-16(24)11-9-15(23)22(10-11)12-5-7-13(8-6-12)28(25,26)21(2)3/h5-8,11H,4,9-10H2,1-3H3,(H,18,20,24). The van der Waals surface area contributed by atoms with Crippen LogP contribution in [0.2, 0.25) is 0 Å². The summed E-state index contributed by atoms with van der Waals surface area (Å²) in [5, 5.41) is 11.8. The van der Waals surface area contributed by atoms with Gasteiger partial charge in [0.2, 0.25) is 27.0 Å². The van der Waals surface area contributed by atoms with E-state index in [9.17, 15) is 18.0 Å². The maximum absolute atomic E-state index is 12.5. The Kier molecular flexibility index (Phi) is 5.77. The van der Waals surface area contributed by atoms with Crippen molar-refractivity contribution in [3.63, 3.8) is 0 Å². The Balaban J connectivity index is 1.69. The molecule has 2 amide bonds. The summed E-state index contributed by atoms with van der Waals surface area (Å²) in [6.45, 7) is 2.18.